The van der Waals surface area contributed by atoms with Gasteiger partial charge in [0, 0.05) is 12.1 Å². The first-order valence-corrected chi connectivity index (χ1v) is 7.26. The summed E-state index contributed by atoms with van der Waals surface area (Å²) in [4.78, 5) is 8.31. The molecule has 1 N–H and O–H groups in total. The number of hydrogen-bond donors (Lipinski definition) is 1. The fourth-order valence-electron chi connectivity index (χ4n) is 3.66. The summed E-state index contributed by atoms with van der Waals surface area (Å²) in [7, 11) is 0. The first-order valence-electron chi connectivity index (χ1n) is 6.46. The molecule has 2 bridgehead atoms. The van der Waals surface area contributed by atoms with Crippen LogP contribution < -0.4 is 5.32 Å². The molecule has 2 aliphatic rings. The van der Waals surface area contributed by atoms with E-state index in [1.54, 1.807) is 6.33 Å². The van der Waals surface area contributed by atoms with Crippen LogP contribution in [0.1, 0.15) is 32.6 Å². The van der Waals surface area contributed by atoms with Crippen molar-refractivity contribution in [1.29, 1.82) is 0 Å². The predicted molar refractivity (Wildman–Crippen MR) is 71.8 cm³/mol. The lowest BCUT2D eigenvalue weighted by Crippen LogP contribution is -2.30. The Hall–Kier alpha value is -0.640. The van der Waals surface area contributed by atoms with Crippen LogP contribution in [0.5, 0.6) is 0 Å². The van der Waals surface area contributed by atoms with Gasteiger partial charge in [-0.15, -0.1) is 0 Å². The van der Waals surface area contributed by atoms with E-state index >= 15 is 0 Å². The highest BCUT2D eigenvalue weighted by Gasteiger charge is 2.41. The number of halogens is 1. The van der Waals surface area contributed by atoms with Crippen LogP contribution in [0.15, 0.2) is 17.0 Å². The molecule has 0 aromatic carbocycles. The molecule has 3 nitrogen and oxygen atoms in total. The molecule has 2 aliphatic carbocycles. The van der Waals surface area contributed by atoms with E-state index in [2.05, 4.69) is 38.1 Å². The van der Waals surface area contributed by atoms with Crippen LogP contribution in [0.25, 0.3) is 0 Å². The highest BCUT2D eigenvalue weighted by atomic mass is 79.9. The van der Waals surface area contributed by atoms with E-state index in [-0.39, 0.29) is 0 Å². The van der Waals surface area contributed by atoms with Gasteiger partial charge in [0.25, 0.3) is 0 Å². The zero-order valence-corrected chi connectivity index (χ0v) is 11.7. The van der Waals surface area contributed by atoms with Crippen molar-refractivity contribution in [2.75, 3.05) is 5.32 Å². The summed E-state index contributed by atoms with van der Waals surface area (Å²) < 4.78 is 0.843. The Kier molecular flexibility index (Phi) is 3.07. The monoisotopic (exact) mass is 295 g/mol. The lowest BCUT2D eigenvalue weighted by molar-refractivity contribution is 0.304. The number of nitrogens with one attached hydrogen (secondary N) is 1. The number of fused-ring (bicyclic) bond motifs is 2. The summed E-state index contributed by atoms with van der Waals surface area (Å²) in [6, 6.07) is 2.47. The summed E-state index contributed by atoms with van der Waals surface area (Å²) in [5, 5.41) is 3.53. The van der Waals surface area contributed by atoms with Gasteiger partial charge in [0.15, 0.2) is 0 Å². The standard InChI is InChI=1S/C13H18BrN3/c1-8(11-5-9-2-3-10(11)4-9)17-13-6-12(14)15-7-16-13/h6-11H,2-5H2,1H3,(H,15,16,17). The summed E-state index contributed by atoms with van der Waals surface area (Å²) in [6.45, 7) is 2.29. The molecule has 4 unspecified atom stereocenters. The van der Waals surface area contributed by atoms with Crippen LogP contribution in [0.2, 0.25) is 0 Å². The van der Waals surface area contributed by atoms with Gasteiger partial charge in [0.2, 0.25) is 0 Å². The second-order valence-corrected chi connectivity index (χ2v) is 6.31. The number of nitrogens with zero attached hydrogens (tertiary/aromatic N) is 2. The van der Waals surface area contributed by atoms with Crippen molar-refractivity contribution >= 4 is 21.7 Å². The molecule has 92 valence electrons. The molecule has 17 heavy (non-hydrogen) atoms. The van der Waals surface area contributed by atoms with Crippen LogP contribution in [-0.4, -0.2) is 16.0 Å². The van der Waals surface area contributed by atoms with Crippen LogP contribution in [0.4, 0.5) is 5.82 Å². The second kappa shape index (κ2) is 4.56. The molecule has 0 amide bonds. The third-order valence-corrected chi connectivity index (χ3v) is 4.88. The van der Waals surface area contributed by atoms with Crippen LogP contribution in [0, 0.1) is 17.8 Å². The molecule has 0 aliphatic heterocycles. The van der Waals surface area contributed by atoms with Crippen molar-refractivity contribution in [2.24, 2.45) is 17.8 Å². The minimum atomic E-state index is 0.520. The summed E-state index contributed by atoms with van der Waals surface area (Å²) in [5.41, 5.74) is 0. The van der Waals surface area contributed by atoms with E-state index in [1.165, 1.54) is 25.7 Å². The summed E-state index contributed by atoms with van der Waals surface area (Å²) in [6.07, 6.45) is 7.37. The maximum absolute atomic E-state index is 4.26. The molecular weight excluding hydrogens is 278 g/mol. The quantitative estimate of drug-likeness (QED) is 0.868. The van der Waals surface area contributed by atoms with E-state index in [0.717, 1.165) is 28.2 Å². The van der Waals surface area contributed by atoms with Gasteiger partial charge in [0.1, 0.15) is 16.7 Å². The van der Waals surface area contributed by atoms with Crippen molar-refractivity contribution in [3.63, 3.8) is 0 Å². The minimum absolute atomic E-state index is 0.520. The van der Waals surface area contributed by atoms with Crippen LogP contribution >= 0.6 is 15.9 Å². The molecule has 3 rings (SSSR count). The first kappa shape index (κ1) is 11.5. The highest BCUT2D eigenvalue weighted by Crippen LogP contribution is 2.49. The molecular formula is C13H18BrN3. The second-order valence-electron chi connectivity index (χ2n) is 5.50. The Bertz CT molecular complexity index is 409. The van der Waals surface area contributed by atoms with Gasteiger partial charge in [-0.05, 0) is 59.9 Å². The van der Waals surface area contributed by atoms with E-state index in [4.69, 9.17) is 0 Å². The predicted octanol–water partition coefficient (Wildman–Crippen LogP) is 3.48. The van der Waals surface area contributed by atoms with E-state index < -0.39 is 0 Å². The summed E-state index contributed by atoms with van der Waals surface area (Å²) >= 11 is 3.38. The van der Waals surface area contributed by atoms with Crippen molar-refractivity contribution in [1.82, 2.24) is 9.97 Å². The molecule has 1 heterocycles. The van der Waals surface area contributed by atoms with E-state index in [0.29, 0.717) is 6.04 Å². The van der Waals surface area contributed by atoms with Gasteiger partial charge in [-0.3, -0.25) is 0 Å². The molecule has 0 spiro atoms. The van der Waals surface area contributed by atoms with Gasteiger partial charge in [-0.2, -0.15) is 0 Å². The molecule has 2 fully saturated rings. The Morgan fingerprint density at radius 3 is 2.88 bits per heavy atom. The van der Waals surface area contributed by atoms with Crippen LogP contribution in [-0.2, 0) is 0 Å². The fraction of sp³-hybridized carbons (Fsp3) is 0.692. The first-order chi connectivity index (χ1) is 8.22. The lowest BCUT2D eigenvalue weighted by atomic mass is 9.84. The normalized spacial score (nSPS) is 32.7. The number of hydrogen-bond acceptors (Lipinski definition) is 3. The lowest BCUT2D eigenvalue weighted by Gasteiger charge is -2.28. The van der Waals surface area contributed by atoms with Crippen LogP contribution in [0.3, 0.4) is 0 Å². The molecule has 0 saturated heterocycles. The van der Waals surface area contributed by atoms with E-state index in [9.17, 15) is 0 Å². The number of rotatable bonds is 3. The van der Waals surface area contributed by atoms with Gasteiger partial charge < -0.3 is 5.32 Å². The summed E-state index contributed by atoms with van der Waals surface area (Å²) in [5.74, 6) is 3.73. The largest absolute Gasteiger partial charge is 0.367 e. The Morgan fingerprint density at radius 1 is 1.35 bits per heavy atom. The van der Waals surface area contributed by atoms with Crippen molar-refractivity contribution in [2.45, 2.75) is 38.6 Å². The topological polar surface area (TPSA) is 37.8 Å². The van der Waals surface area contributed by atoms with Gasteiger partial charge >= 0.3 is 0 Å². The SMILES string of the molecule is CC(Nc1cc(Br)ncn1)C1CC2CCC1C2. The van der Waals surface area contributed by atoms with Gasteiger partial charge in [-0.1, -0.05) is 6.42 Å². The van der Waals surface area contributed by atoms with Gasteiger partial charge in [-0.25, -0.2) is 9.97 Å². The maximum atomic E-state index is 4.26. The zero-order valence-electron chi connectivity index (χ0n) is 10.1. The number of anilines is 1. The smallest absolute Gasteiger partial charge is 0.130 e. The third kappa shape index (κ3) is 2.32. The van der Waals surface area contributed by atoms with Crippen molar-refractivity contribution in [3.8, 4) is 0 Å². The Balaban J connectivity index is 1.65. The Labute approximate surface area is 111 Å². The maximum Gasteiger partial charge on any atom is 0.130 e. The Morgan fingerprint density at radius 2 is 2.24 bits per heavy atom. The fourth-order valence-corrected chi connectivity index (χ4v) is 3.97. The molecule has 0 radical (unpaired) electrons. The zero-order chi connectivity index (χ0) is 11.8. The average Bonchev–Trinajstić information content (AvgIpc) is 2.90. The van der Waals surface area contributed by atoms with Crippen molar-refractivity contribution in [3.05, 3.63) is 17.0 Å². The van der Waals surface area contributed by atoms with Crippen molar-refractivity contribution < 1.29 is 0 Å². The van der Waals surface area contributed by atoms with E-state index in [1.807, 2.05) is 6.07 Å². The molecule has 4 atom stereocenters. The highest BCUT2D eigenvalue weighted by molar-refractivity contribution is 9.10. The minimum Gasteiger partial charge on any atom is -0.367 e. The molecule has 2 saturated carbocycles. The van der Waals surface area contributed by atoms with Gasteiger partial charge in [0.05, 0.1) is 0 Å². The number of aromatic nitrogens is 2. The molecule has 1 aromatic rings. The molecule has 4 heteroatoms. The average molecular weight is 296 g/mol. The third-order valence-electron chi connectivity index (χ3n) is 4.44. The molecule has 1 aromatic heterocycles.